The molecule has 1 saturated carbocycles. The summed E-state index contributed by atoms with van der Waals surface area (Å²) in [6, 6.07) is 8.46. The van der Waals surface area contributed by atoms with Crippen LogP contribution in [0.15, 0.2) is 0 Å². The molecule has 1 aliphatic carbocycles. The predicted octanol–water partition coefficient (Wildman–Crippen LogP) is 2.41. The van der Waals surface area contributed by atoms with Gasteiger partial charge < -0.3 is 0 Å². The molecule has 0 aromatic carbocycles. The van der Waals surface area contributed by atoms with Crippen LogP contribution < -0.4 is 0 Å². The molecule has 0 spiro atoms. The van der Waals surface area contributed by atoms with E-state index in [9.17, 15) is 10.5 Å². The zero-order chi connectivity index (χ0) is 13.3. The molecule has 1 rings (SSSR count). The Morgan fingerprint density at radius 2 is 1.47 bits per heavy atom. The third kappa shape index (κ3) is 1.70. The molecule has 0 saturated heterocycles. The van der Waals surface area contributed by atoms with Crippen LogP contribution in [0, 0.1) is 62.1 Å². The fourth-order valence-corrected chi connectivity index (χ4v) is 4.49. The molecular weight excluding hydrogens is 228 g/mol. The first-order valence-electron chi connectivity index (χ1n) is 5.46. The topological polar surface area (TPSA) is 95.2 Å². The van der Waals surface area contributed by atoms with Crippen LogP contribution in [0.1, 0.15) is 6.42 Å². The molecule has 1 unspecified atom stereocenters. The lowest BCUT2D eigenvalue weighted by Crippen LogP contribution is -2.57. The van der Waals surface area contributed by atoms with Crippen molar-refractivity contribution in [1.29, 1.82) is 21.0 Å². The van der Waals surface area contributed by atoms with Crippen molar-refractivity contribution >= 4 is 8.07 Å². The van der Waals surface area contributed by atoms with Crippen molar-refractivity contribution in [2.75, 3.05) is 0 Å². The molecule has 0 aromatic rings. The summed E-state index contributed by atoms with van der Waals surface area (Å²) in [6.45, 7) is 6.47. The maximum absolute atomic E-state index is 9.24. The highest BCUT2D eigenvalue weighted by Crippen LogP contribution is 2.62. The van der Waals surface area contributed by atoms with Crippen LogP contribution in [0.2, 0.25) is 25.7 Å². The van der Waals surface area contributed by atoms with E-state index in [1.54, 1.807) is 0 Å². The van der Waals surface area contributed by atoms with Crippen LogP contribution in [0.3, 0.4) is 0 Å². The van der Waals surface area contributed by atoms with E-state index < -0.39 is 18.9 Å². The van der Waals surface area contributed by atoms with Gasteiger partial charge in [0.05, 0.1) is 24.3 Å². The summed E-state index contributed by atoms with van der Waals surface area (Å²) >= 11 is 0. The largest absolute Gasteiger partial charge is 0.196 e. The molecule has 17 heavy (non-hydrogen) atoms. The van der Waals surface area contributed by atoms with Gasteiger partial charge in [-0.3, -0.25) is 0 Å². The Hall–Kier alpha value is -1.82. The van der Waals surface area contributed by atoms with Crippen molar-refractivity contribution in [3.63, 3.8) is 0 Å². The Kier molecular flexibility index (Phi) is 3.03. The van der Waals surface area contributed by atoms with E-state index in [1.807, 2.05) is 24.3 Å². The third-order valence-corrected chi connectivity index (χ3v) is 5.15. The van der Waals surface area contributed by atoms with Crippen LogP contribution >= 0.6 is 0 Å². The summed E-state index contributed by atoms with van der Waals surface area (Å²) in [5.41, 5.74) is -2.86. The summed E-state index contributed by atoms with van der Waals surface area (Å²) in [5, 5.41) is 36.7. The molecule has 0 aromatic heterocycles. The third-order valence-electron chi connectivity index (χ3n) is 3.43. The van der Waals surface area contributed by atoms with Crippen LogP contribution in [0.25, 0.3) is 0 Å². The predicted molar refractivity (Wildman–Crippen MR) is 63.6 cm³/mol. The lowest BCUT2D eigenvalue weighted by molar-refractivity contribution is 0.0485. The van der Waals surface area contributed by atoms with Crippen molar-refractivity contribution in [3.8, 4) is 24.3 Å². The van der Waals surface area contributed by atoms with Gasteiger partial charge >= 0.3 is 0 Å². The zero-order valence-corrected chi connectivity index (χ0v) is 11.3. The van der Waals surface area contributed by atoms with Crippen LogP contribution in [0.4, 0.5) is 0 Å². The summed E-state index contributed by atoms with van der Waals surface area (Å²) in [7, 11) is -1.42. The van der Waals surface area contributed by atoms with Gasteiger partial charge in [-0.15, -0.1) is 0 Å². The van der Waals surface area contributed by atoms with Gasteiger partial charge in [-0.05, 0) is 12.3 Å². The Bertz CT molecular complexity index is 461. The minimum Gasteiger partial charge on any atom is -0.196 e. The fraction of sp³-hybridized carbons (Fsp3) is 0.667. The quantitative estimate of drug-likeness (QED) is 0.694. The maximum Gasteiger partial charge on any atom is 0.178 e. The summed E-state index contributed by atoms with van der Waals surface area (Å²) < 4.78 is 0. The van der Waals surface area contributed by atoms with E-state index in [0.717, 1.165) is 6.04 Å². The van der Waals surface area contributed by atoms with E-state index >= 15 is 0 Å². The first kappa shape index (κ1) is 13.2. The molecule has 0 N–H and O–H groups in total. The lowest BCUT2D eigenvalue weighted by Gasteiger charge is -2.50. The molecule has 1 fully saturated rings. The van der Waals surface area contributed by atoms with Crippen molar-refractivity contribution in [3.05, 3.63) is 0 Å². The number of nitriles is 4. The molecule has 0 aliphatic heterocycles. The van der Waals surface area contributed by atoms with Gasteiger partial charge in [-0.25, -0.2) is 0 Å². The first-order chi connectivity index (χ1) is 7.80. The molecule has 1 aliphatic rings. The van der Waals surface area contributed by atoms with Gasteiger partial charge in [0.2, 0.25) is 0 Å². The molecule has 0 amide bonds. The highest BCUT2D eigenvalue weighted by molar-refractivity contribution is 6.76. The zero-order valence-electron chi connectivity index (χ0n) is 10.3. The SMILES string of the molecule is C[Si](C)(C)CC1CC(C#N)(C#N)C1(C#N)C#N. The standard InChI is InChI=1S/C12H14N4Si/c1-17(2,3)5-10-4-11(6-13,7-14)12(10,8-15)9-16/h10H,4-5H2,1-3H3. The second kappa shape index (κ2) is 3.88. The van der Waals surface area contributed by atoms with E-state index in [2.05, 4.69) is 19.6 Å². The van der Waals surface area contributed by atoms with Gasteiger partial charge in [0.15, 0.2) is 10.8 Å². The Morgan fingerprint density at radius 3 is 1.76 bits per heavy atom. The Morgan fingerprint density at radius 1 is 1.00 bits per heavy atom. The molecule has 4 nitrogen and oxygen atoms in total. The van der Waals surface area contributed by atoms with Crippen molar-refractivity contribution in [1.82, 2.24) is 0 Å². The minimum atomic E-state index is -1.43. The molecule has 0 radical (unpaired) electrons. The lowest BCUT2D eigenvalue weighted by atomic mass is 9.46. The Labute approximate surface area is 103 Å². The van der Waals surface area contributed by atoms with E-state index in [0.29, 0.717) is 6.42 Å². The molecule has 5 heteroatoms. The maximum atomic E-state index is 9.24. The summed E-state index contributed by atoms with van der Waals surface area (Å²) in [6.07, 6.45) is 0.353. The van der Waals surface area contributed by atoms with Crippen molar-refractivity contribution < 1.29 is 0 Å². The van der Waals surface area contributed by atoms with Gasteiger partial charge in [-0.1, -0.05) is 25.7 Å². The molecular formula is C12H14N4Si. The summed E-state index contributed by atoms with van der Waals surface area (Å²) in [5.74, 6) is -0.136. The Balaban J connectivity index is 3.15. The highest BCUT2D eigenvalue weighted by atomic mass is 28.3. The molecule has 86 valence electrons. The molecule has 0 heterocycles. The number of rotatable bonds is 2. The number of nitrogens with zero attached hydrogens (tertiary/aromatic N) is 4. The van der Waals surface area contributed by atoms with Crippen LogP contribution in [-0.4, -0.2) is 8.07 Å². The minimum absolute atomic E-state index is 0.136. The van der Waals surface area contributed by atoms with Gasteiger partial charge in [0.1, 0.15) is 0 Å². The van der Waals surface area contributed by atoms with Gasteiger partial charge in [0.25, 0.3) is 0 Å². The second-order valence-electron chi connectivity index (χ2n) is 5.83. The first-order valence-corrected chi connectivity index (χ1v) is 9.16. The smallest absolute Gasteiger partial charge is 0.178 e. The van der Waals surface area contributed by atoms with E-state index in [1.165, 1.54) is 0 Å². The van der Waals surface area contributed by atoms with Crippen molar-refractivity contribution in [2.45, 2.75) is 32.1 Å². The van der Waals surface area contributed by atoms with Gasteiger partial charge in [0, 0.05) is 8.07 Å². The molecule has 0 bridgehead atoms. The average molecular weight is 242 g/mol. The van der Waals surface area contributed by atoms with Gasteiger partial charge in [-0.2, -0.15) is 21.0 Å². The van der Waals surface area contributed by atoms with Crippen molar-refractivity contribution in [2.24, 2.45) is 16.7 Å². The second-order valence-corrected chi connectivity index (χ2v) is 11.4. The summed E-state index contributed by atoms with van der Waals surface area (Å²) in [4.78, 5) is 0. The fourth-order valence-electron chi connectivity index (χ4n) is 2.56. The number of hydrogen-bond donors (Lipinski definition) is 0. The van der Waals surface area contributed by atoms with E-state index in [-0.39, 0.29) is 5.92 Å². The van der Waals surface area contributed by atoms with E-state index in [4.69, 9.17) is 10.5 Å². The van der Waals surface area contributed by atoms with Crippen LogP contribution in [-0.2, 0) is 0 Å². The highest BCUT2D eigenvalue weighted by Gasteiger charge is 2.69. The number of hydrogen-bond acceptors (Lipinski definition) is 4. The van der Waals surface area contributed by atoms with Crippen LogP contribution in [0.5, 0.6) is 0 Å². The monoisotopic (exact) mass is 242 g/mol. The molecule has 1 atom stereocenters. The average Bonchev–Trinajstić information content (AvgIpc) is 2.24. The normalized spacial score (nSPS) is 24.3.